The molecular weight excluding hydrogens is 312 g/mol. The molecule has 0 spiro atoms. The first-order chi connectivity index (χ1) is 9.54. The maximum atomic E-state index is 11.9. The lowest BCUT2D eigenvalue weighted by atomic mass is 10.2. The number of nitrogens with one attached hydrogen (secondary N) is 2. The highest BCUT2D eigenvalue weighted by Crippen LogP contribution is 2.24. The molecular formula is C14H21ClN2O3S. The lowest BCUT2D eigenvalue weighted by molar-refractivity contribution is 0.252. The topological polar surface area (TPSA) is 75.3 Å². The number of aryl methyl sites for hydroxylation is 1. The third kappa shape index (κ3) is 4.89. The average molecular weight is 333 g/mol. The third-order valence-electron chi connectivity index (χ3n) is 3.05. The van der Waals surface area contributed by atoms with E-state index in [1.165, 1.54) is 0 Å². The van der Waals surface area contributed by atoms with Crippen molar-refractivity contribution >= 4 is 33.2 Å². The highest BCUT2D eigenvalue weighted by Gasteiger charge is 2.28. The molecule has 0 bridgehead atoms. The molecule has 5 nitrogen and oxygen atoms in total. The van der Waals surface area contributed by atoms with Crippen molar-refractivity contribution in [2.75, 3.05) is 17.6 Å². The number of rotatable bonds is 4. The number of anilines is 1. The summed E-state index contributed by atoms with van der Waals surface area (Å²) >= 11 is 6.00. The van der Waals surface area contributed by atoms with E-state index in [9.17, 15) is 13.2 Å². The van der Waals surface area contributed by atoms with Crippen LogP contribution in [0.5, 0.6) is 0 Å². The van der Waals surface area contributed by atoms with E-state index in [4.69, 9.17) is 11.6 Å². The van der Waals surface area contributed by atoms with Crippen LogP contribution in [-0.2, 0) is 9.84 Å². The largest absolute Gasteiger partial charge is 0.337 e. The van der Waals surface area contributed by atoms with Crippen molar-refractivity contribution in [1.82, 2.24) is 5.32 Å². The van der Waals surface area contributed by atoms with Gasteiger partial charge in [0.25, 0.3) is 0 Å². The molecule has 0 aliphatic rings. The van der Waals surface area contributed by atoms with Crippen molar-refractivity contribution in [1.29, 1.82) is 0 Å². The highest BCUT2D eigenvalue weighted by molar-refractivity contribution is 7.92. The molecule has 0 heterocycles. The number of sulfone groups is 1. The molecule has 2 amide bonds. The van der Waals surface area contributed by atoms with E-state index < -0.39 is 20.6 Å². The zero-order chi connectivity index (χ0) is 16.3. The quantitative estimate of drug-likeness (QED) is 0.890. The number of halogens is 1. The molecule has 0 aromatic heterocycles. The van der Waals surface area contributed by atoms with Gasteiger partial charge in [0.15, 0.2) is 9.84 Å². The molecule has 0 saturated heterocycles. The van der Waals surface area contributed by atoms with Crippen LogP contribution in [0.1, 0.15) is 26.3 Å². The van der Waals surface area contributed by atoms with Crippen molar-refractivity contribution in [3.8, 4) is 0 Å². The fraction of sp³-hybridized carbons (Fsp3) is 0.500. The van der Waals surface area contributed by atoms with Crippen LogP contribution in [0.25, 0.3) is 0 Å². The van der Waals surface area contributed by atoms with E-state index in [-0.39, 0.29) is 12.3 Å². The van der Waals surface area contributed by atoms with E-state index in [1.807, 2.05) is 13.0 Å². The van der Waals surface area contributed by atoms with Gasteiger partial charge in [0.05, 0.1) is 21.2 Å². The smallest absolute Gasteiger partial charge is 0.319 e. The predicted octanol–water partition coefficient (Wildman–Crippen LogP) is 2.98. The van der Waals surface area contributed by atoms with Crippen molar-refractivity contribution in [2.45, 2.75) is 32.4 Å². The molecule has 0 fully saturated rings. The van der Waals surface area contributed by atoms with Crippen LogP contribution in [0.2, 0.25) is 5.02 Å². The van der Waals surface area contributed by atoms with Crippen LogP contribution in [-0.4, -0.2) is 31.5 Å². The van der Waals surface area contributed by atoms with E-state index in [2.05, 4.69) is 10.6 Å². The summed E-state index contributed by atoms with van der Waals surface area (Å²) in [7, 11) is -3.25. The normalized spacial score (nSPS) is 12.0. The van der Waals surface area contributed by atoms with Crippen LogP contribution in [0.4, 0.5) is 10.5 Å². The van der Waals surface area contributed by atoms with Gasteiger partial charge >= 0.3 is 6.03 Å². The summed E-state index contributed by atoms with van der Waals surface area (Å²) in [6, 6.07) is 4.81. The first-order valence-electron chi connectivity index (χ1n) is 6.57. The molecule has 1 aromatic rings. The summed E-state index contributed by atoms with van der Waals surface area (Å²) in [4.78, 5) is 11.8. The van der Waals surface area contributed by atoms with Crippen molar-refractivity contribution < 1.29 is 13.2 Å². The van der Waals surface area contributed by atoms with Crippen molar-refractivity contribution in [3.05, 3.63) is 28.8 Å². The number of hydrogen-bond donors (Lipinski definition) is 2. The summed E-state index contributed by atoms with van der Waals surface area (Å²) in [5.41, 5.74) is 1.36. The zero-order valence-electron chi connectivity index (χ0n) is 12.7. The second-order valence-electron chi connectivity index (χ2n) is 5.74. The molecule has 118 valence electrons. The summed E-state index contributed by atoms with van der Waals surface area (Å²) in [5, 5.41) is 5.59. The summed E-state index contributed by atoms with van der Waals surface area (Å²) < 4.78 is 23.0. The second kappa shape index (κ2) is 6.66. The molecule has 2 N–H and O–H groups in total. The van der Waals surface area contributed by atoms with Gasteiger partial charge in [-0.3, -0.25) is 0 Å². The Balaban J connectivity index is 2.57. The Morgan fingerprint density at radius 2 is 1.90 bits per heavy atom. The van der Waals surface area contributed by atoms with Crippen LogP contribution in [0.3, 0.4) is 0 Å². The highest BCUT2D eigenvalue weighted by atomic mass is 35.5. The van der Waals surface area contributed by atoms with Crippen molar-refractivity contribution in [3.63, 3.8) is 0 Å². The predicted molar refractivity (Wildman–Crippen MR) is 86.8 cm³/mol. The number of carbonyl (C=O) groups is 1. The molecule has 0 saturated carbocycles. The van der Waals surface area contributed by atoms with E-state index in [0.717, 1.165) is 5.56 Å². The maximum absolute atomic E-state index is 11.9. The van der Waals surface area contributed by atoms with Gasteiger partial charge < -0.3 is 10.6 Å². The molecule has 7 heteroatoms. The number of urea groups is 1. The van der Waals surface area contributed by atoms with Gasteiger partial charge in [-0.25, -0.2) is 13.2 Å². The number of benzene rings is 1. The minimum Gasteiger partial charge on any atom is -0.337 e. The second-order valence-corrected chi connectivity index (χ2v) is 9.01. The van der Waals surface area contributed by atoms with Gasteiger partial charge in [-0.15, -0.1) is 0 Å². The SMILES string of the molecule is Cc1cccc(Cl)c1NC(=O)NCCS(=O)(=O)C(C)(C)C. The van der Waals surface area contributed by atoms with Crippen LogP contribution in [0.15, 0.2) is 18.2 Å². The molecule has 1 rings (SSSR count). The zero-order valence-corrected chi connectivity index (χ0v) is 14.2. The summed E-state index contributed by atoms with van der Waals surface area (Å²) in [6.45, 7) is 6.78. The van der Waals surface area contributed by atoms with Gasteiger partial charge in [-0.2, -0.15) is 0 Å². The van der Waals surface area contributed by atoms with Gasteiger partial charge in [0.2, 0.25) is 0 Å². The average Bonchev–Trinajstić information content (AvgIpc) is 2.32. The Morgan fingerprint density at radius 3 is 2.43 bits per heavy atom. The molecule has 0 aliphatic heterocycles. The van der Waals surface area contributed by atoms with Crippen LogP contribution >= 0.6 is 11.6 Å². The van der Waals surface area contributed by atoms with Gasteiger partial charge in [-0.1, -0.05) is 23.7 Å². The van der Waals surface area contributed by atoms with Crippen molar-refractivity contribution in [2.24, 2.45) is 0 Å². The maximum Gasteiger partial charge on any atom is 0.319 e. The molecule has 0 atom stereocenters. The minimum atomic E-state index is -3.25. The molecule has 0 unspecified atom stereocenters. The summed E-state index contributed by atoms with van der Waals surface area (Å²) in [6.07, 6.45) is 0. The summed E-state index contributed by atoms with van der Waals surface area (Å²) in [5.74, 6) is -0.106. The lowest BCUT2D eigenvalue weighted by Crippen LogP contribution is -2.38. The van der Waals surface area contributed by atoms with Gasteiger partial charge in [0, 0.05) is 6.54 Å². The Labute approximate surface area is 131 Å². The number of carbonyl (C=O) groups excluding carboxylic acids is 1. The van der Waals surface area contributed by atoms with E-state index in [0.29, 0.717) is 10.7 Å². The Kier molecular flexibility index (Phi) is 5.64. The standard InChI is InChI=1S/C14H21ClN2O3S/c1-10-6-5-7-11(15)12(10)17-13(18)16-8-9-21(19,20)14(2,3)4/h5-7H,8-9H2,1-4H3,(H2,16,17,18). The molecule has 0 aliphatic carbocycles. The van der Waals surface area contributed by atoms with E-state index >= 15 is 0 Å². The number of amides is 2. The van der Waals surface area contributed by atoms with Gasteiger partial charge in [0.1, 0.15) is 0 Å². The number of hydrogen-bond acceptors (Lipinski definition) is 3. The van der Waals surface area contributed by atoms with E-state index in [1.54, 1.807) is 32.9 Å². The van der Waals surface area contributed by atoms with Crippen LogP contribution in [0, 0.1) is 6.92 Å². The van der Waals surface area contributed by atoms with Gasteiger partial charge in [-0.05, 0) is 39.3 Å². The monoisotopic (exact) mass is 332 g/mol. The molecule has 0 radical (unpaired) electrons. The number of para-hydroxylation sites is 1. The Morgan fingerprint density at radius 1 is 1.29 bits per heavy atom. The Hall–Kier alpha value is -1.27. The van der Waals surface area contributed by atoms with Crippen LogP contribution < -0.4 is 10.6 Å². The fourth-order valence-corrected chi connectivity index (χ4v) is 2.81. The minimum absolute atomic E-state index is 0.0505. The fourth-order valence-electron chi connectivity index (χ4n) is 1.55. The third-order valence-corrected chi connectivity index (χ3v) is 5.97. The molecule has 21 heavy (non-hydrogen) atoms. The first kappa shape index (κ1) is 17.8. The first-order valence-corrected chi connectivity index (χ1v) is 8.60. The lowest BCUT2D eigenvalue weighted by Gasteiger charge is -2.19. The Bertz CT molecular complexity index is 601. The molecule has 1 aromatic carbocycles.